The second-order valence-electron chi connectivity index (χ2n) is 4.27. The van der Waals surface area contributed by atoms with Crippen molar-refractivity contribution >= 4 is 27.6 Å². The van der Waals surface area contributed by atoms with Crippen LogP contribution in [-0.4, -0.2) is 32.5 Å². The molecule has 0 amide bonds. The number of rotatable bonds is 4. The standard InChI is InChI=1S/C13H14ClN3O3S/c1-9-7-11(20-3)10(14)8-12(9)21(18,19)17(2)13-15-5-4-6-16-13/h4-8H,1-3H3. The Morgan fingerprint density at radius 2 is 1.86 bits per heavy atom. The summed E-state index contributed by atoms with van der Waals surface area (Å²) in [7, 11) is -0.940. The van der Waals surface area contributed by atoms with E-state index in [4.69, 9.17) is 16.3 Å². The Morgan fingerprint density at radius 3 is 2.43 bits per heavy atom. The molecule has 0 unspecified atom stereocenters. The van der Waals surface area contributed by atoms with Gasteiger partial charge in [0.25, 0.3) is 10.0 Å². The van der Waals surface area contributed by atoms with E-state index in [-0.39, 0.29) is 15.9 Å². The molecule has 0 atom stereocenters. The third kappa shape index (κ3) is 2.93. The van der Waals surface area contributed by atoms with Crippen molar-refractivity contribution in [3.63, 3.8) is 0 Å². The van der Waals surface area contributed by atoms with Crippen LogP contribution in [0.3, 0.4) is 0 Å². The molecular weight excluding hydrogens is 314 g/mol. The summed E-state index contributed by atoms with van der Waals surface area (Å²) in [5.41, 5.74) is 0.527. The van der Waals surface area contributed by atoms with Crippen molar-refractivity contribution in [2.24, 2.45) is 0 Å². The SMILES string of the molecule is COc1cc(C)c(S(=O)(=O)N(C)c2ncccn2)cc1Cl. The number of hydrogen-bond donors (Lipinski definition) is 0. The number of methoxy groups -OCH3 is 1. The molecule has 0 aliphatic rings. The Morgan fingerprint density at radius 1 is 1.24 bits per heavy atom. The number of sulfonamides is 1. The predicted octanol–water partition coefficient (Wildman–Crippen LogP) is 2.27. The number of aromatic nitrogens is 2. The molecule has 0 N–H and O–H groups in total. The molecule has 0 aliphatic heterocycles. The van der Waals surface area contributed by atoms with E-state index in [1.165, 1.54) is 32.6 Å². The molecule has 112 valence electrons. The monoisotopic (exact) mass is 327 g/mol. The zero-order valence-electron chi connectivity index (χ0n) is 11.7. The van der Waals surface area contributed by atoms with Crippen molar-refractivity contribution in [1.82, 2.24) is 9.97 Å². The van der Waals surface area contributed by atoms with Gasteiger partial charge in [0.15, 0.2) is 0 Å². The number of hydrogen-bond acceptors (Lipinski definition) is 5. The van der Waals surface area contributed by atoms with E-state index in [0.717, 1.165) is 4.31 Å². The topological polar surface area (TPSA) is 72.4 Å². The first-order valence-corrected chi connectivity index (χ1v) is 7.80. The van der Waals surface area contributed by atoms with Crippen molar-refractivity contribution in [2.75, 3.05) is 18.5 Å². The summed E-state index contributed by atoms with van der Waals surface area (Å²) in [6, 6.07) is 4.55. The molecule has 0 bridgehead atoms. The van der Waals surface area contributed by atoms with Gasteiger partial charge in [-0.3, -0.25) is 0 Å². The molecule has 2 rings (SSSR count). The minimum Gasteiger partial charge on any atom is -0.495 e. The summed E-state index contributed by atoms with van der Waals surface area (Å²) in [5, 5.41) is 0.226. The lowest BCUT2D eigenvalue weighted by atomic mass is 10.2. The number of aryl methyl sites for hydroxylation is 1. The Bertz CT molecular complexity index is 751. The maximum absolute atomic E-state index is 12.7. The molecule has 1 heterocycles. The average Bonchev–Trinajstić information content (AvgIpc) is 2.49. The second-order valence-corrected chi connectivity index (χ2v) is 6.62. The minimum atomic E-state index is -3.80. The fourth-order valence-corrected chi connectivity index (χ4v) is 3.42. The van der Waals surface area contributed by atoms with E-state index in [1.807, 2.05) is 0 Å². The van der Waals surface area contributed by atoms with Gasteiger partial charge in [-0.25, -0.2) is 22.7 Å². The zero-order valence-corrected chi connectivity index (χ0v) is 13.3. The van der Waals surface area contributed by atoms with Crippen LogP contribution in [0.2, 0.25) is 5.02 Å². The van der Waals surface area contributed by atoms with E-state index >= 15 is 0 Å². The quantitative estimate of drug-likeness (QED) is 0.861. The van der Waals surface area contributed by atoms with Gasteiger partial charge in [0.05, 0.1) is 17.0 Å². The van der Waals surface area contributed by atoms with Crippen LogP contribution < -0.4 is 9.04 Å². The molecule has 0 saturated heterocycles. The fourth-order valence-electron chi connectivity index (χ4n) is 1.78. The van der Waals surface area contributed by atoms with E-state index in [9.17, 15) is 8.42 Å². The van der Waals surface area contributed by atoms with Gasteiger partial charge in [-0.1, -0.05) is 11.6 Å². The van der Waals surface area contributed by atoms with Crippen LogP contribution in [0.15, 0.2) is 35.5 Å². The van der Waals surface area contributed by atoms with Gasteiger partial charge in [-0.2, -0.15) is 0 Å². The van der Waals surface area contributed by atoms with Crippen LogP contribution in [-0.2, 0) is 10.0 Å². The van der Waals surface area contributed by atoms with Gasteiger partial charge in [0.2, 0.25) is 5.95 Å². The third-order valence-corrected chi connectivity index (χ3v) is 5.10. The average molecular weight is 328 g/mol. The first kappa shape index (κ1) is 15.5. The van der Waals surface area contributed by atoms with Crippen LogP contribution in [0.4, 0.5) is 5.95 Å². The number of ether oxygens (including phenoxy) is 1. The minimum absolute atomic E-state index is 0.0863. The molecule has 1 aromatic carbocycles. The highest BCUT2D eigenvalue weighted by atomic mass is 35.5. The summed E-state index contributed by atoms with van der Waals surface area (Å²) in [4.78, 5) is 7.95. The molecule has 21 heavy (non-hydrogen) atoms. The summed E-state index contributed by atoms with van der Waals surface area (Å²) in [5.74, 6) is 0.510. The van der Waals surface area contributed by atoms with Crippen molar-refractivity contribution in [2.45, 2.75) is 11.8 Å². The zero-order chi connectivity index (χ0) is 15.6. The van der Waals surface area contributed by atoms with E-state index in [2.05, 4.69) is 9.97 Å². The van der Waals surface area contributed by atoms with Crippen molar-refractivity contribution in [3.8, 4) is 5.75 Å². The fraction of sp³-hybridized carbons (Fsp3) is 0.231. The lowest BCUT2D eigenvalue weighted by Crippen LogP contribution is -2.28. The molecule has 0 fully saturated rings. The number of benzene rings is 1. The highest BCUT2D eigenvalue weighted by molar-refractivity contribution is 7.92. The molecule has 0 aliphatic carbocycles. The Labute approximate surface area is 128 Å². The van der Waals surface area contributed by atoms with Crippen molar-refractivity contribution in [3.05, 3.63) is 41.2 Å². The van der Waals surface area contributed by atoms with Crippen LogP contribution in [0, 0.1) is 6.92 Å². The Balaban J connectivity index is 2.52. The molecule has 6 nitrogen and oxygen atoms in total. The summed E-state index contributed by atoms with van der Waals surface area (Å²) in [6.07, 6.45) is 2.95. The summed E-state index contributed by atoms with van der Waals surface area (Å²) >= 11 is 6.02. The van der Waals surface area contributed by atoms with Crippen molar-refractivity contribution in [1.29, 1.82) is 0 Å². The largest absolute Gasteiger partial charge is 0.495 e. The first-order valence-electron chi connectivity index (χ1n) is 5.98. The second kappa shape index (κ2) is 5.87. The van der Waals surface area contributed by atoms with Crippen LogP contribution >= 0.6 is 11.6 Å². The van der Waals surface area contributed by atoms with Crippen LogP contribution in [0.1, 0.15) is 5.56 Å². The Hall–Kier alpha value is -1.86. The lowest BCUT2D eigenvalue weighted by molar-refractivity contribution is 0.414. The number of halogens is 1. The molecule has 8 heteroatoms. The van der Waals surface area contributed by atoms with Gasteiger partial charge < -0.3 is 4.74 Å². The van der Waals surface area contributed by atoms with E-state index < -0.39 is 10.0 Å². The molecule has 0 spiro atoms. The van der Waals surface area contributed by atoms with Gasteiger partial charge >= 0.3 is 0 Å². The molecule has 0 saturated carbocycles. The summed E-state index contributed by atoms with van der Waals surface area (Å²) < 4.78 is 31.4. The maximum Gasteiger partial charge on any atom is 0.266 e. The highest BCUT2D eigenvalue weighted by Crippen LogP contribution is 2.31. The smallest absolute Gasteiger partial charge is 0.266 e. The normalized spacial score (nSPS) is 11.2. The first-order chi connectivity index (χ1) is 9.87. The lowest BCUT2D eigenvalue weighted by Gasteiger charge is -2.19. The third-order valence-electron chi connectivity index (χ3n) is 2.92. The number of nitrogens with zero attached hydrogens (tertiary/aromatic N) is 3. The molecule has 1 aromatic heterocycles. The van der Waals surface area contributed by atoms with Crippen LogP contribution in [0.5, 0.6) is 5.75 Å². The highest BCUT2D eigenvalue weighted by Gasteiger charge is 2.26. The molecule has 2 aromatic rings. The van der Waals surface area contributed by atoms with E-state index in [1.54, 1.807) is 19.1 Å². The predicted molar refractivity (Wildman–Crippen MR) is 80.4 cm³/mol. The molecule has 0 radical (unpaired) electrons. The van der Waals surface area contributed by atoms with Gasteiger partial charge in [0.1, 0.15) is 5.75 Å². The van der Waals surface area contributed by atoms with Crippen LogP contribution in [0.25, 0.3) is 0 Å². The number of anilines is 1. The summed E-state index contributed by atoms with van der Waals surface area (Å²) in [6.45, 7) is 1.67. The van der Waals surface area contributed by atoms with Gasteiger partial charge in [-0.05, 0) is 30.7 Å². The van der Waals surface area contributed by atoms with Gasteiger partial charge in [-0.15, -0.1) is 0 Å². The molecular formula is C13H14ClN3O3S. The van der Waals surface area contributed by atoms with Gasteiger partial charge in [0, 0.05) is 19.4 Å². The van der Waals surface area contributed by atoms with Crippen molar-refractivity contribution < 1.29 is 13.2 Å². The maximum atomic E-state index is 12.7. The Kier molecular flexibility index (Phi) is 4.34. The van der Waals surface area contributed by atoms with E-state index in [0.29, 0.717) is 11.3 Å².